The molecule has 2 aromatic rings. The van der Waals surface area contributed by atoms with E-state index in [0.717, 1.165) is 10.6 Å². The monoisotopic (exact) mass is 359 g/mol. The van der Waals surface area contributed by atoms with Gasteiger partial charge in [-0.3, -0.25) is 10.1 Å². The molecule has 1 aliphatic heterocycles. The van der Waals surface area contributed by atoms with Gasteiger partial charge in [-0.2, -0.15) is 0 Å². The maximum absolute atomic E-state index is 12.3. The third-order valence-corrected chi connectivity index (χ3v) is 4.93. The van der Waals surface area contributed by atoms with Gasteiger partial charge >= 0.3 is 6.03 Å². The van der Waals surface area contributed by atoms with Gasteiger partial charge in [-0.1, -0.05) is 12.1 Å². The van der Waals surface area contributed by atoms with Gasteiger partial charge in [-0.05, 0) is 48.1 Å². The average Bonchev–Trinajstić information content (AvgIpc) is 3.10. The number of carbonyl (C=O) groups excluding carboxylic acids is 2. The highest BCUT2D eigenvalue weighted by molar-refractivity contribution is 7.14. The Hall–Kier alpha value is -2.38. The van der Waals surface area contributed by atoms with Gasteiger partial charge in [0.15, 0.2) is 0 Å². The number of rotatable bonds is 4. The maximum atomic E-state index is 12.3. The molecular weight excluding hydrogens is 338 g/mol. The highest BCUT2D eigenvalue weighted by Gasteiger charge is 2.21. The minimum Gasteiger partial charge on any atom is -0.393 e. The predicted octanol–water partition coefficient (Wildman–Crippen LogP) is 2.92. The Labute approximate surface area is 150 Å². The topological polar surface area (TPSA) is 81.7 Å². The summed E-state index contributed by atoms with van der Waals surface area (Å²) in [7, 11) is 0. The van der Waals surface area contributed by atoms with Crippen LogP contribution >= 0.6 is 11.3 Å². The molecule has 25 heavy (non-hydrogen) atoms. The highest BCUT2D eigenvalue weighted by Crippen LogP contribution is 2.17. The molecule has 2 heterocycles. The summed E-state index contributed by atoms with van der Waals surface area (Å²) in [5, 5.41) is 17.7. The van der Waals surface area contributed by atoms with Gasteiger partial charge in [0.25, 0.3) is 0 Å². The van der Waals surface area contributed by atoms with Crippen molar-refractivity contribution in [1.29, 1.82) is 0 Å². The van der Waals surface area contributed by atoms with E-state index in [1.807, 2.05) is 29.6 Å². The van der Waals surface area contributed by atoms with E-state index in [4.69, 9.17) is 0 Å². The summed E-state index contributed by atoms with van der Waals surface area (Å²) >= 11 is 1.45. The van der Waals surface area contributed by atoms with Gasteiger partial charge in [-0.25, -0.2) is 4.79 Å². The van der Waals surface area contributed by atoms with Crippen molar-refractivity contribution >= 4 is 34.0 Å². The number of carbonyl (C=O) groups is 2. The van der Waals surface area contributed by atoms with Crippen LogP contribution in [0.4, 0.5) is 15.5 Å². The molecule has 0 atom stereocenters. The number of nitrogens with zero attached hydrogens (tertiary/aromatic N) is 1. The number of piperidine rings is 1. The van der Waals surface area contributed by atoms with Gasteiger partial charge in [-0.15, -0.1) is 11.3 Å². The number of aliphatic hydroxyl groups is 1. The first-order chi connectivity index (χ1) is 12.1. The Bertz CT molecular complexity index is 708. The Morgan fingerprint density at radius 1 is 1.12 bits per heavy atom. The first kappa shape index (κ1) is 17.4. The first-order valence-electron chi connectivity index (χ1n) is 8.26. The van der Waals surface area contributed by atoms with E-state index in [1.165, 1.54) is 11.3 Å². The molecule has 3 rings (SSSR count). The van der Waals surface area contributed by atoms with Crippen LogP contribution in [0.3, 0.4) is 0 Å². The average molecular weight is 359 g/mol. The molecule has 3 N–H and O–H groups in total. The molecular formula is C18H21N3O3S. The quantitative estimate of drug-likeness (QED) is 0.785. The lowest BCUT2D eigenvalue weighted by atomic mass is 10.1. The normalized spacial score (nSPS) is 15.0. The molecule has 132 valence electrons. The summed E-state index contributed by atoms with van der Waals surface area (Å²) in [5.74, 6) is 0.0723. The Morgan fingerprint density at radius 3 is 2.48 bits per heavy atom. The molecule has 0 aliphatic carbocycles. The number of hydrogen-bond acceptors (Lipinski definition) is 4. The zero-order valence-corrected chi connectivity index (χ0v) is 14.6. The van der Waals surface area contributed by atoms with Crippen molar-refractivity contribution in [2.45, 2.75) is 25.4 Å². The SMILES string of the molecule is O=C(Nc1ccc(CC(=O)N2CCC(O)CC2)cc1)Nc1cccs1. The standard InChI is InChI=1S/C18H21N3O3S/c22-15-7-9-21(10-8-15)17(23)12-13-3-5-14(6-4-13)19-18(24)20-16-2-1-11-25-16/h1-6,11,15,22H,7-10,12H2,(H2,19,20,24). The molecule has 6 nitrogen and oxygen atoms in total. The molecule has 1 saturated heterocycles. The molecule has 0 unspecified atom stereocenters. The van der Waals surface area contributed by atoms with E-state index in [2.05, 4.69) is 10.6 Å². The van der Waals surface area contributed by atoms with Crippen molar-refractivity contribution < 1.29 is 14.7 Å². The van der Waals surface area contributed by atoms with Crippen LogP contribution in [0.25, 0.3) is 0 Å². The maximum Gasteiger partial charge on any atom is 0.324 e. The fourth-order valence-corrected chi connectivity index (χ4v) is 3.34. The zero-order chi connectivity index (χ0) is 17.6. The number of urea groups is 1. The summed E-state index contributed by atoms with van der Waals surface area (Å²) in [4.78, 5) is 26.0. The van der Waals surface area contributed by atoms with Crippen molar-refractivity contribution in [3.8, 4) is 0 Å². The molecule has 3 amide bonds. The first-order valence-corrected chi connectivity index (χ1v) is 9.14. The van der Waals surface area contributed by atoms with Crippen molar-refractivity contribution in [1.82, 2.24) is 4.90 Å². The summed E-state index contributed by atoms with van der Waals surface area (Å²) in [6.07, 6.45) is 1.34. The molecule has 1 aromatic heterocycles. The van der Waals surface area contributed by atoms with E-state index in [0.29, 0.717) is 38.0 Å². The fraction of sp³-hybridized carbons (Fsp3) is 0.333. The minimum atomic E-state index is -0.293. The lowest BCUT2D eigenvalue weighted by molar-refractivity contribution is -0.132. The largest absolute Gasteiger partial charge is 0.393 e. The van der Waals surface area contributed by atoms with Gasteiger partial charge in [0.2, 0.25) is 5.91 Å². The van der Waals surface area contributed by atoms with Crippen molar-refractivity contribution in [3.63, 3.8) is 0 Å². The second-order valence-corrected chi connectivity index (χ2v) is 6.99. The molecule has 0 radical (unpaired) electrons. The van der Waals surface area contributed by atoms with E-state index in [-0.39, 0.29) is 18.0 Å². The van der Waals surface area contributed by atoms with E-state index in [1.54, 1.807) is 17.0 Å². The number of hydrogen-bond donors (Lipinski definition) is 3. The molecule has 0 bridgehead atoms. The Balaban J connectivity index is 1.50. The summed E-state index contributed by atoms with van der Waals surface area (Å²) in [6, 6.07) is 10.7. The molecule has 7 heteroatoms. The van der Waals surface area contributed by atoms with Crippen molar-refractivity contribution in [2.75, 3.05) is 23.7 Å². The third-order valence-electron chi connectivity index (χ3n) is 4.14. The molecule has 1 aromatic carbocycles. The van der Waals surface area contributed by atoms with Crippen LogP contribution in [0.1, 0.15) is 18.4 Å². The lowest BCUT2D eigenvalue weighted by Crippen LogP contribution is -2.40. The lowest BCUT2D eigenvalue weighted by Gasteiger charge is -2.29. The van der Waals surface area contributed by atoms with Gasteiger partial charge in [0.05, 0.1) is 17.5 Å². The van der Waals surface area contributed by atoms with Crippen LogP contribution in [0.5, 0.6) is 0 Å². The fourth-order valence-electron chi connectivity index (χ4n) is 2.73. The van der Waals surface area contributed by atoms with E-state index in [9.17, 15) is 14.7 Å². The van der Waals surface area contributed by atoms with E-state index >= 15 is 0 Å². The number of anilines is 2. The van der Waals surface area contributed by atoms with Crippen LogP contribution in [-0.4, -0.2) is 41.1 Å². The van der Waals surface area contributed by atoms with Gasteiger partial charge in [0, 0.05) is 18.8 Å². The predicted molar refractivity (Wildman–Crippen MR) is 98.9 cm³/mol. The number of amides is 3. The summed E-state index contributed by atoms with van der Waals surface area (Å²) < 4.78 is 0. The highest BCUT2D eigenvalue weighted by atomic mass is 32.1. The van der Waals surface area contributed by atoms with Crippen LogP contribution in [0, 0.1) is 0 Å². The molecule has 0 spiro atoms. The zero-order valence-electron chi connectivity index (χ0n) is 13.8. The third kappa shape index (κ3) is 5.04. The van der Waals surface area contributed by atoms with Crippen LogP contribution in [-0.2, 0) is 11.2 Å². The second-order valence-electron chi connectivity index (χ2n) is 6.04. The number of likely N-dealkylation sites (tertiary alicyclic amines) is 1. The Kier molecular flexibility index (Phi) is 5.67. The number of nitrogens with one attached hydrogen (secondary N) is 2. The van der Waals surface area contributed by atoms with Crippen LogP contribution in [0.2, 0.25) is 0 Å². The molecule has 0 saturated carbocycles. The van der Waals surface area contributed by atoms with Gasteiger partial charge in [0.1, 0.15) is 0 Å². The molecule has 1 fully saturated rings. The number of aliphatic hydroxyl groups excluding tert-OH is 1. The van der Waals surface area contributed by atoms with Crippen LogP contribution in [0.15, 0.2) is 41.8 Å². The number of benzene rings is 1. The van der Waals surface area contributed by atoms with Gasteiger partial charge < -0.3 is 15.3 Å². The molecule has 1 aliphatic rings. The van der Waals surface area contributed by atoms with E-state index < -0.39 is 0 Å². The summed E-state index contributed by atoms with van der Waals surface area (Å²) in [6.45, 7) is 1.23. The van der Waals surface area contributed by atoms with Crippen molar-refractivity contribution in [2.24, 2.45) is 0 Å². The number of thiophene rings is 1. The summed E-state index contributed by atoms with van der Waals surface area (Å²) in [5.41, 5.74) is 1.58. The smallest absolute Gasteiger partial charge is 0.324 e. The Morgan fingerprint density at radius 2 is 1.84 bits per heavy atom. The minimum absolute atomic E-state index is 0.0723. The van der Waals surface area contributed by atoms with Crippen LogP contribution < -0.4 is 10.6 Å². The second kappa shape index (κ2) is 8.13. The van der Waals surface area contributed by atoms with Crippen molar-refractivity contribution in [3.05, 3.63) is 47.3 Å².